The van der Waals surface area contributed by atoms with Gasteiger partial charge in [0.1, 0.15) is 0 Å². The van der Waals surface area contributed by atoms with E-state index in [2.05, 4.69) is 5.32 Å². The number of nitrogens with one attached hydrogen (secondary N) is 1. The van der Waals surface area contributed by atoms with Gasteiger partial charge in [0, 0.05) is 17.8 Å². The number of hydrogen-bond donors (Lipinski definition) is 1. The minimum absolute atomic E-state index is 0.531. The van der Waals surface area contributed by atoms with Crippen LogP contribution >= 0.6 is 0 Å². The van der Waals surface area contributed by atoms with E-state index in [-0.39, 0.29) is 0 Å². The first-order valence-corrected chi connectivity index (χ1v) is 6.01. The van der Waals surface area contributed by atoms with Gasteiger partial charge in [-0.2, -0.15) is 13.2 Å². The van der Waals surface area contributed by atoms with Crippen LogP contribution in [-0.2, 0) is 12.6 Å². The Labute approximate surface area is 109 Å². The fourth-order valence-corrected chi connectivity index (χ4v) is 2.43. The van der Waals surface area contributed by atoms with Gasteiger partial charge in [0.05, 0.1) is 5.56 Å². The molecule has 0 saturated heterocycles. The molecule has 0 spiro atoms. The van der Waals surface area contributed by atoms with E-state index in [9.17, 15) is 13.2 Å². The van der Waals surface area contributed by atoms with Crippen LogP contribution < -0.4 is 5.32 Å². The van der Waals surface area contributed by atoms with Crippen LogP contribution in [0.3, 0.4) is 0 Å². The van der Waals surface area contributed by atoms with Gasteiger partial charge < -0.3 is 5.32 Å². The Morgan fingerprint density at radius 2 is 1.84 bits per heavy atom. The molecule has 0 aliphatic carbocycles. The number of rotatable bonds is 0. The lowest BCUT2D eigenvalue weighted by Gasteiger charge is -2.24. The van der Waals surface area contributed by atoms with E-state index in [0.717, 1.165) is 28.6 Å². The Kier molecular flexibility index (Phi) is 2.55. The highest BCUT2D eigenvalue weighted by Gasteiger charge is 2.31. The van der Waals surface area contributed by atoms with Gasteiger partial charge >= 0.3 is 6.18 Å². The van der Waals surface area contributed by atoms with Gasteiger partial charge in [-0.3, -0.25) is 0 Å². The van der Waals surface area contributed by atoms with E-state index in [1.54, 1.807) is 0 Å². The molecule has 1 N–H and O–H groups in total. The number of alkyl halides is 3. The second-order valence-corrected chi connectivity index (χ2v) is 4.78. The van der Waals surface area contributed by atoms with Gasteiger partial charge in [-0.1, -0.05) is 18.2 Å². The van der Waals surface area contributed by atoms with Crippen molar-refractivity contribution < 1.29 is 13.2 Å². The highest BCUT2D eigenvalue weighted by molar-refractivity contribution is 5.74. The molecule has 1 aliphatic heterocycles. The van der Waals surface area contributed by atoms with E-state index in [0.29, 0.717) is 12.0 Å². The molecular weight excluding hydrogens is 251 g/mol. The van der Waals surface area contributed by atoms with E-state index in [1.807, 2.05) is 25.1 Å². The predicted octanol–water partition coefficient (Wildman–Crippen LogP) is 4.66. The van der Waals surface area contributed by atoms with Crippen molar-refractivity contribution in [2.45, 2.75) is 19.5 Å². The summed E-state index contributed by atoms with van der Waals surface area (Å²) in [5, 5.41) is 3.22. The fraction of sp³-hybridized carbons (Fsp3) is 0.200. The molecule has 0 fully saturated rings. The van der Waals surface area contributed by atoms with Crippen LogP contribution in [0.5, 0.6) is 0 Å². The second-order valence-electron chi connectivity index (χ2n) is 4.78. The standard InChI is InChI=1S/C15H12F3N/c1-9-3-2-4-10-7-11-8-12(15(16,17)18)5-6-13(11)19-14(9)10/h2-6,8,19H,7H2,1H3. The quantitative estimate of drug-likeness (QED) is 0.622. The minimum atomic E-state index is -4.29. The summed E-state index contributed by atoms with van der Waals surface area (Å²) < 4.78 is 38.1. The summed E-state index contributed by atoms with van der Waals surface area (Å²) in [6.45, 7) is 1.99. The van der Waals surface area contributed by atoms with Crippen molar-refractivity contribution in [2.24, 2.45) is 0 Å². The van der Waals surface area contributed by atoms with Gasteiger partial charge in [0.2, 0.25) is 0 Å². The lowest BCUT2D eigenvalue weighted by molar-refractivity contribution is -0.137. The molecule has 98 valence electrons. The third-order valence-corrected chi connectivity index (χ3v) is 3.43. The van der Waals surface area contributed by atoms with Gasteiger partial charge in [-0.25, -0.2) is 0 Å². The molecule has 0 aromatic heterocycles. The van der Waals surface area contributed by atoms with E-state index in [1.165, 1.54) is 12.1 Å². The summed E-state index contributed by atoms with van der Waals surface area (Å²) in [6, 6.07) is 9.71. The summed E-state index contributed by atoms with van der Waals surface area (Å²) in [5.74, 6) is 0. The molecule has 0 radical (unpaired) electrons. The molecule has 0 bridgehead atoms. The second kappa shape index (κ2) is 4.02. The van der Waals surface area contributed by atoms with Gasteiger partial charge in [-0.05, 0) is 41.8 Å². The molecule has 2 aromatic rings. The van der Waals surface area contributed by atoms with E-state index < -0.39 is 11.7 Å². The maximum absolute atomic E-state index is 12.7. The van der Waals surface area contributed by atoms with Crippen LogP contribution in [0.2, 0.25) is 0 Å². The molecule has 4 heteroatoms. The molecule has 1 nitrogen and oxygen atoms in total. The van der Waals surface area contributed by atoms with Gasteiger partial charge in [-0.15, -0.1) is 0 Å². The largest absolute Gasteiger partial charge is 0.416 e. The normalized spacial score (nSPS) is 13.5. The Morgan fingerprint density at radius 1 is 1.05 bits per heavy atom. The lowest BCUT2D eigenvalue weighted by Crippen LogP contribution is -2.11. The molecule has 2 aromatic carbocycles. The first kappa shape index (κ1) is 12.1. The fourth-order valence-electron chi connectivity index (χ4n) is 2.43. The summed E-state index contributed by atoms with van der Waals surface area (Å²) >= 11 is 0. The average molecular weight is 263 g/mol. The molecule has 1 aliphatic rings. The number of aryl methyl sites for hydroxylation is 1. The SMILES string of the molecule is Cc1cccc2c1Nc1ccc(C(F)(F)F)cc1C2. The Hall–Kier alpha value is -1.97. The highest BCUT2D eigenvalue weighted by Crippen LogP contribution is 2.38. The predicted molar refractivity (Wildman–Crippen MR) is 68.7 cm³/mol. The molecular formula is C15H12F3N. The van der Waals surface area contributed by atoms with Crippen LogP contribution in [0.25, 0.3) is 0 Å². The number of halogens is 3. The number of para-hydroxylation sites is 1. The van der Waals surface area contributed by atoms with E-state index in [4.69, 9.17) is 0 Å². The molecule has 0 atom stereocenters. The van der Waals surface area contributed by atoms with Gasteiger partial charge in [0.15, 0.2) is 0 Å². The van der Waals surface area contributed by atoms with Crippen molar-refractivity contribution in [3.63, 3.8) is 0 Å². The molecule has 0 saturated carbocycles. The maximum Gasteiger partial charge on any atom is 0.416 e. The van der Waals surface area contributed by atoms with Crippen LogP contribution in [0, 0.1) is 6.92 Å². The smallest absolute Gasteiger partial charge is 0.355 e. The van der Waals surface area contributed by atoms with Crippen molar-refractivity contribution in [3.8, 4) is 0 Å². The van der Waals surface area contributed by atoms with Crippen molar-refractivity contribution in [1.29, 1.82) is 0 Å². The zero-order valence-electron chi connectivity index (χ0n) is 10.3. The summed E-state index contributed by atoms with van der Waals surface area (Å²) in [6.07, 6.45) is -3.76. The zero-order valence-corrected chi connectivity index (χ0v) is 10.3. The Balaban J connectivity index is 2.06. The molecule has 1 heterocycles. The molecule has 19 heavy (non-hydrogen) atoms. The first-order valence-electron chi connectivity index (χ1n) is 6.01. The topological polar surface area (TPSA) is 12.0 Å². The zero-order chi connectivity index (χ0) is 13.6. The minimum Gasteiger partial charge on any atom is -0.355 e. The Morgan fingerprint density at radius 3 is 2.58 bits per heavy atom. The van der Waals surface area contributed by atoms with Crippen molar-refractivity contribution in [2.75, 3.05) is 5.32 Å². The maximum atomic E-state index is 12.7. The van der Waals surface area contributed by atoms with E-state index >= 15 is 0 Å². The molecule has 0 unspecified atom stereocenters. The highest BCUT2D eigenvalue weighted by atomic mass is 19.4. The summed E-state index contributed by atoms with van der Waals surface area (Å²) in [7, 11) is 0. The third-order valence-electron chi connectivity index (χ3n) is 3.43. The van der Waals surface area contributed by atoms with Gasteiger partial charge in [0.25, 0.3) is 0 Å². The van der Waals surface area contributed by atoms with Crippen molar-refractivity contribution in [1.82, 2.24) is 0 Å². The van der Waals surface area contributed by atoms with Crippen molar-refractivity contribution in [3.05, 3.63) is 58.7 Å². The monoisotopic (exact) mass is 263 g/mol. The van der Waals surface area contributed by atoms with Crippen LogP contribution in [-0.4, -0.2) is 0 Å². The van der Waals surface area contributed by atoms with Crippen LogP contribution in [0.1, 0.15) is 22.3 Å². The average Bonchev–Trinajstić information content (AvgIpc) is 2.35. The number of benzene rings is 2. The Bertz CT molecular complexity index is 644. The van der Waals surface area contributed by atoms with Crippen LogP contribution in [0.15, 0.2) is 36.4 Å². The first-order chi connectivity index (χ1) is 8.95. The van der Waals surface area contributed by atoms with Crippen LogP contribution in [0.4, 0.5) is 24.5 Å². The summed E-state index contributed by atoms with van der Waals surface area (Å²) in [4.78, 5) is 0. The number of hydrogen-bond acceptors (Lipinski definition) is 1. The number of fused-ring (bicyclic) bond motifs is 2. The molecule has 0 amide bonds. The van der Waals surface area contributed by atoms with Crippen molar-refractivity contribution >= 4 is 11.4 Å². The molecule has 3 rings (SSSR count). The third kappa shape index (κ3) is 2.07. The lowest BCUT2D eigenvalue weighted by atomic mass is 9.94. The number of anilines is 2. The summed E-state index contributed by atoms with van der Waals surface area (Å²) in [5.41, 5.74) is 4.00.